The third kappa shape index (κ3) is 5.78. The van der Waals surface area contributed by atoms with Gasteiger partial charge in [-0.25, -0.2) is 0 Å². The molecule has 1 unspecified atom stereocenters. The molecular formula is C24H32N6O2S2. The molecule has 1 aliphatic rings. The molecule has 0 bridgehead atoms. The molecule has 2 aromatic heterocycles. The number of hydrogen-bond acceptors (Lipinski definition) is 8. The smallest absolute Gasteiger partial charge is 0.236 e. The molecule has 0 aliphatic heterocycles. The fraction of sp³-hybridized carbons (Fsp3) is 0.542. The quantitative estimate of drug-likeness (QED) is 0.377. The number of hydrogen-bond donors (Lipinski definition) is 1. The van der Waals surface area contributed by atoms with Crippen molar-refractivity contribution < 1.29 is 9.53 Å². The third-order valence-corrected chi connectivity index (χ3v) is 8.23. The summed E-state index contributed by atoms with van der Waals surface area (Å²) in [4.78, 5) is 12.5. The van der Waals surface area contributed by atoms with Gasteiger partial charge >= 0.3 is 0 Å². The number of carbonyl (C=O) groups is 1. The van der Waals surface area contributed by atoms with Gasteiger partial charge in [-0.3, -0.25) is 10.1 Å². The van der Waals surface area contributed by atoms with Gasteiger partial charge in [-0.2, -0.15) is 0 Å². The van der Waals surface area contributed by atoms with E-state index in [-0.39, 0.29) is 17.8 Å². The van der Waals surface area contributed by atoms with Gasteiger partial charge in [0.15, 0.2) is 17.1 Å². The lowest BCUT2D eigenvalue weighted by molar-refractivity contribution is -0.113. The fourth-order valence-corrected chi connectivity index (χ4v) is 5.92. The van der Waals surface area contributed by atoms with Crippen LogP contribution in [0.5, 0.6) is 5.75 Å². The first-order valence-electron chi connectivity index (χ1n) is 11.9. The lowest BCUT2D eigenvalue weighted by atomic mass is 9.90. The van der Waals surface area contributed by atoms with Gasteiger partial charge in [0.1, 0.15) is 10.8 Å². The Morgan fingerprint density at radius 2 is 2.00 bits per heavy atom. The van der Waals surface area contributed by atoms with Crippen LogP contribution in [0.2, 0.25) is 0 Å². The highest BCUT2D eigenvalue weighted by Gasteiger charge is 2.22. The number of rotatable bonds is 9. The summed E-state index contributed by atoms with van der Waals surface area (Å²) in [6.07, 6.45) is 5.86. The summed E-state index contributed by atoms with van der Waals surface area (Å²) in [5, 5.41) is 22.4. The normalized spacial score (nSPS) is 15.3. The van der Waals surface area contributed by atoms with E-state index >= 15 is 0 Å². The third-order valence-electron chi connectivity index (χ3n) is 6.26. The van der Waals surface area contributed by atoms with Gasteiger partial charge in [-0.1, -0.05) is 54.5 Å². The van der Waals surface area contributed by atoms with Gasteiger partial charge in [0.05, 0.1) is 5.75 Å². The highest BCUT2D eigenvalue weighted by molar-refractivity contribution is 7.99. The fourth-order valence-electron chi connectivity index (χ4n) is 4.18. The first-order valence-corrected chi connectivity index (χ1v) is 13.7. The highest BCUT2D eigenvalue weighted by Crippen LogP contribution is 2.35. The summed E-state index contributed by atoms with van der Waals surface area (Å²) in [5.74, 6) is 2.18. The number of benzene rings is 1. The maximum atomic E-state index is 12.5. The summed E-state index contributed by atoms with van der Waals surface area (Å²) >= 11 is 2.86. The van der Waals surface area contributed by atoms with Crippen molar-refractivity contribution in [2.24, 2.45) is 0 Å². The topological polar surface area (TPSA) is 94.8 Å². The van der Waals surface area contributed by atoms with Crippen LogP contribution < -0.4 is 10.1 Å². The van der Waals surface area contributed by atoms with E-state index in [4.69, 9.17) is 4.74 Å². The Labute approximate surface area is 208 Å². The number of thioether (sulfide) groups is 1. The van der Waals surface area contributed by atoms with Gasteiger partial charge in [-0.05, 0) is 57.7 Å². The summed E-state index contributed by atoms with van der Waals surface area (Å²) in [5.41, 5.74) is 2.30. The minimum absolute atomic E-state index is 0.122. The number of anilines is 1. The van der Waals surface area contributed by atoms with Crippen LogP contribution in [0.4, 0.5) is 5.13 Å². The Hall–Kier alpha value is -2.46. The van der Waals surface area contributed by atoms with E-state index in [0.29, 0.717) is 22.8 Å². The van der Waals surface area contributed by atoms with Gasteiger partial charge in [0, 0.05) is 12.5 Å². The Morgan fingerprint density at radius 3 is 2.76 bits per heavy atom. The van der Waals surface area contributed by atoms with Gasteiger partial charge < -0.3 is 9.30 Å². The Morgan fingerprint density at radius 1 is 1.21 bits per heavy atom. The molecule has 4 rings (SSSR count). The second kappa shape index (κ2) is 11.3. The average molecular weight is 501 g/mol. The Kier molecular flexibility index (Phi) is 8.20. The van der Waals surface area contributed by atoms with Crippen LogP contribution in [-0.2, 0) is 11.3 Å². The molecule has 34 heavy (non-hydrogen) atoms. The molecule has 182 valence electrons. The van der Waals surface area contributed by atoms with E-state index < -0.39 is 0 Å². The number of carbonyl (C=O) groups excluding carboxylic acids is 1. The molecule has 1 atom stereocenters. The largest absolute Gasteiger partial charge is 0.482 e. The summed E-state index contributed by atoms with van der Waals surface area (Å²) in [6, 6.07) is 6.03. The molecular weight excluding hydrogens is 468 g/mol. The summed E-state index contributed by atoms with van der Waals surface area (Å²) in [6.45, 7) is 8.82. The van der Waals surface area contributed by atoms with Crippen molar-refractivity contribution in [1.29, 1.82) is 0 Å². The average Bonchev–Trinajstić information content (AvgIpc) is 3.48. The van der Waals surface area contributed by atoms with Crippen LogP contribution in [0.3, 0.4) is 0 Å². The number of nitrogens with zero attached hydrogens (tertiary/aromatic N) is 5. The predicted octanol–water partition coefficient (Wildman–Crippen LogP) is 5.68. The zero-order valence-electron chi connectivity index (χ0n) is 20.2. The molecule has 3 aromatic rings. The molecule has 2 heterocycles. The highest BCUT2D eigenvalue weighted by atomic mass is 32.2. The van der Waals surface area contributed by atoms with Crippen LogP contribution in [0, 0.1) is 13.8 Å². The second-order valence-electron chi connectivity index (χ2n) is 8.66. The van der Waals surface area contributed by atoms with Crippen molar-refractivity contribution >= 4 is 34.1 Å². The number of aryl methyl sites for hydroxylation is 1. The zero-order chi connectivity index (χ0) is 24.1. The number of aromatic nitrogens is 5. The maximum Gasteiger partial charge on any atom is 0.236 e. The van der Waals surface area contributed by atoms with Crippen LogP contribution >= 0.6 is 23.1 Å². The first kappa shape index (κ1) is 24.7. The van der Waals surface area contributed by atoms with Crippen molar-refractivity contribution in [2.45, 2.75) is 83.5 Å². The lowest BCUT2D eigenvalue weighted by Gasteiger charge is -2.18. The van der Waals surface area contributed by atoms with Crippen LogP contribution in [-0.4, -0.2) is 36.6 Å². The molecule has 0 saturated heterocycles. The van der Waals surface area contributed by atoms with Gasteiger partial charge in [0.25, 0.3) is 0 Å². The van der Waals surface area contributed by atoms with Crippen molar-refractivity contribution in [3.05, 3.63) is 40.2 Å². The van der Waals surface area contributed by atoms with E-state index in [1.54, 1.807) is 0 Å². The molecule has 8 nitrogen and oxygen atoms in total. The number of ether oxygens (including phenoxy) is 1. The molecule has 1 N–H and O–H groups in total. The predicted molar refractivity (Wildman–Crippen MR) is 136 cm³/mol. The SMILES string of the molecule is CCn1c(SCC(=O)Nc2nnc(C3CCCCC3)s2)nnc1C(C)Oc1cccc(C)c1C. The van der Waals surface area contributed by atoms with Crippen molar-refractivity contribution in [3.63, 3.8) is 0 Å². The van der Waals surface area contributed by atoms with E-state index in [1.807, 2.05) is 30.5 Å². The molecule has 0 radical (unpaired) electrons. The number of amides is 1. The van der Waals surface area contributed by atoms with E-state index in [0.717, 1.165) is 22.1 Å². The van der Waals surface area contributed by atoms with Crippen molar-refractivity contribution in [2.75, 3.05) is 11.1 Å². The van der Waals surface area contributed by atoms with Gasteiger partial charge in [-0.15, -0.1) is 20.4 Å². The lowest BCUT2D eigenvalue weighted by Crippen LogP contribution is -2.15. The molecule has 1 aromatic carbocycles. The summed E-state index contributed by atoms with van der Waals surface area (Å²) < 4.78 is 8.20. The number of nitrogens with one attached hydrogen (secondary N) is 1. The minimum Gasteiger partial charge on any atom is -0.482 e. The standard InChI is InChI=1S/C24H32N6O2S2/c1-5-30-21(17(4)32-19-13-9-10-15(2)16(19)3)26-29-24(30)33-14-20(31)25-23-28-27-22(34-23)18-11-7-6-8-12-18/h9-10,13,17-18H,5-8,11-12,14H2,1-4H3,(H,25,28,31). The maximum absolute atomic E-state index is 12.5. The van der Waals surface area contributed by atoms with Crippen LogP contribution in [0.15, 0.2) is 23.4 Å². The van der Waals surface area contributed by atoms with Crippen molar-refractivity contribution in [3.8, 4) is 5.75 Å². The second-order valence-corrected chi connectivity index (χ2v) is 10.6. The molecule has 10 heteroatoms. The first-order chi connectivity index (χ1) is 16.5. The molecule has 1 aliphatic carbocycles. The van der Waals surface area contributed by atoms with Crippen molar-refractivity contribution in [1.82, 2.24) is 25.0 Å². The van der Waals surface area contributed by atoms with Gasteiger partial charge in [0.2, 0.25) is 11.0 Å². The Bertz CT molecular complexity index is 1120. The van der Waals surface area contributed by atoms with E-state index in [9.17, 15) is 4.79 Å². The Balaban J connectivity index is 1.34. The molecule has 0 spiro atoms. The summed E-state index contributed by atoms with van der Waals surface area (Å²) in [7, 11) is 0. The van der Waals surface area contributed by atoms with E-state index in [2.05, 4.69) is 45.6 Å². The van der Waals surface area contributed by atoms with E-state index in [1.165, 1.54) is 60.8 Å². The molecule has 1 fully saturated rings. The molecule has 1 saturated carbocycles. The van der Waals surface area contributed by atoms with Crippen LogP contribution in [0.1, 0.15) is 79.9 Å². The minimum atomic E-state index is -0.268. The zero-order valence-corrected chi connectivity index (χ0v) is 21.8. The molecule has 1 amide bonds. The monoisotopic (exact) mass is 500 g/mol. The van der Waals surface area contributed by atoms with Crippen LogP contribution in [0.25, 0.3) is 0 Å².